The molecule has 0 bridgehead atoms. The van der Waals surface area contributed by atoms with Crippen molar-refractivity contribution in [3.63, 3.8) is 0 Å². The highest BCUT2D eigenvalue weighted by Crippen LogP contribution is 2.26. The summed E-state index contributed by atoms with van der Waals surface area (Å²) in [5.41, 5.74) is 0. The molecule has 6 N–H and O–H groups in total. The van der Waals surface area contributed by atoms with Gasteiger partial charge in [0, 0.05) is 6.42 Å². The summed E-state index contributed by atoms with van der Waals surface area (Å²) in [7, 11) is -5.08. The minimum absolute atomic E-state index is 0.249. The highest BCUT2D eigenvalue weighted by atomic mass is 32.3. The Labute approximate surface area is 340 Å². The van der Waals surface area contributed by atoms with Crippen LogP contribution in [0.1, 0.15) is 187 Å². The van der Waals surface area contributed by atoms with Crippen molar-refractivity contribution in [3.05, 3.63) is 24.3 Å². The lowest BCUT2D eigenvalue weighted by Crippen LogP contribution is -2.61. The van der Waals surface area contributed by atoms with E-state index in [0.29, 0.717) is 6.42 Å². The van der Waals surface area contributed by atoms with Gasteiger partial charge in [0.25, 0.3) is 0 Å². The number of rotatable bonds is 37. The number of nitrogens with one attached hydrogen (secondary N) is 1. The zero-order valence-corrected chi connectivity index (χ0v) is 35.8. The monoisotopic (exact) mass is 820 g/mol. The second-order valence-electron chi connectivity index (χ2n) is 15.6. The summed E-state index contributed by atoms with van der Waals surface area (Å²) in [6.07, 6.45) is 29.3. The molecule has 1 heterocycles. The van der Waals surface area contributed by atoms with Gasteiger partial charge in [-0.05, 0) is 44.9 Å². The zero-order chi connectivity index (χ0) is 41.3. The molecule has 12 nitrogen and oxygen atoms in total. The van der Waals surface area contributed by atoms with Crippen LogP contribution < -0.4 is 5.32 Å². The van der Waals surface area contributed by atoms with E-state index in [2.05, 4.69) is 35.5 Å². The van der Waals surface area contributed by atoms with Gasteiger partial charge in [-0.1, -0.05) is 160 Å². The molecule has 7 unspecified atom stereocenters. The number of aliphatic hydroxyl groups excluding tert-OH is 4. The van der Waals surface area contributed by atoms with Crippen LogP contribution in [0.4, 0.5) is 0 Å². The molecule has 0 aliphatic carbocycles. The standard InChI is InChI=1S/C43H81NO11S/c1-3-5-7-9-11-13-15-17-18-19-21-22-24-26-28-30-32-37(46)36(35-53-43-41(49)42(55-56(50,51)52)40(48)38(34-45)54-43)44-39(47)33-31-29-27-25-23-20-16-14-12-10-8-6-4-2/h20,23,30,32,36-38,40-43,45-46,48-49H,3-19,21-22,24-29,31,33-35H2,1-2H3,(H,44,47)(H,50,51,52)/b23-20-,32-30+. The number of carbonyl (C=O) groups is 1. The Balaban J connectivity index is 2.57. The summed E-state index contributed by atoms with van der Waals surface area (Å²) in [5.74, 6) is -0.280. The largest absolute Gasteiger partial charge is 0.397 e. The predicted molar refractivity (Wildman–Crippen MR) is 222 cm³/mol. The van der Waals surface area contributed by atoms with Crippen LogP contribution >= 0.6 is 0 Å². The van der Waals surface area contributed by atoms with Gasteiger partial charge in [0.2, 0.25) is 5.91 Å². The molecule has 0 spiro atoms. The van der Waals surface area contributed by atoms with Crippen molar-refractivity contribution in [2.75, 3.05) is 13.2 Å². The zero-order valence-electron chi connectivity index (χ0n) is 35.0. The molecule has 1 aliphatic heterocycles. The van der Waals surface area contributed by atoms with E-state index in [-0.39, 0.29) is 18.9 Å². The second-order valence-corrected chi connectivity index (χ2v) is 16.7. The van der Waals surface area contributed by atoms with Crippen molar-refractivity contribution in [2.45, 2.75) is 230 Å². The highest BCUT2D eigenvalue weighted by molar-refractivity contribution is 7.80. The summed E-state index contributed by atoms with van der Waals surface area (Å²) in [6.45, 7) is 3.36. The average Bonchev–Trinajstić information content (AvgIpc) is 3.16. The van der Waals surface area contributed by atoms with Gasteiger partial charge >= 0.3 is 10.4 Å². The maximum atomic E-state index is 13.0. The summed E-state index contributed by atoms with van der Waals surface area (Å²) < 4.78 is 47.5. The van der Waals surface area contributed by atoms with Crippen LogP contribution in [0.2, 0.25) is 0 Å². The summed E-state index contributed by atoms with van der Waals surface area (Å²) in [4.78, 5) is 13.0. The highest BCUT2D eigenvalue weighted by Gasteiger charge is 2.48. The smallest absolute Gasteiger partial charge is 0.394 e. The van der Waals surface area contributed by atoms with Crippen LogP contribution in [0.5, 0.6) is 0 Å². The van der Waals surface area contributed by atoms with E-state index in [9.17, 15) is 33.6 Å². The van der Waals surface area contributed by atoms with Crippen molar-refractivity contribution >= 4 is 16.3 Å². The first-order valence-corrected chi connectivity index (χ1v) is 23.6. The first-order valence-electron chi connectivity index (χ1n) is 22.2. The van der Waals surface area contributed by atoms with Gasteiger partial charge in [-0.3, -0.25) is 9.35 Å². The SMILES string of the molecule is CCCCCCCC/C=C\CCCCCC(=O)NC(COC1OC(CO)C(O)C(OS(=O)(=O)O)C1O)C(O)/C=C/CCCCCCCCCCCCCCCC. The maximum absolute atomic E-state index is 13.0. The van der Waals surface area contributed by atoms with Crippen molar-refractivity contribution in [1.29, 1.82) is 0 Å². The number of hydrogen-bond acceptors (Lipinski definition) is 10. The minimum atomic E-state index is -5.08. The lowest BCUT2D eigenvalue weighted by atomic mass is 9.99. The number of hydrogen-bond donors (Lipinski definition) is 6. The molecule has 0 aromatic carbocycles. The van der Waals surface area contributed by atoms with Gasteiger partial charge in [-0.15, -0.1) is 0 Å². The average molecular weight is 820 g/mol. The van der Waals surface area contributed by atoms with Gasteiger partial charge in [-0.2, -0.15) is 8.42 Å². The number of unbranched alkanes of at least 4 members (excludes halogenated alkanes) is 23. The Bertz CT molecular complexity index is 1110. The third-order valence-electron chi connectivity index (χ3n) is 10.5. The molecule has 0 saturated carbocycles. The summed E-state index contributed by atoms with van der Waals surface area (Å²) >= 11 is 0. The number of amides is 1. The van der Waals surface area contributed by atoms with Gasteiger partial charge in [0.15, 0.2) is 6.29 Å². The van der Waals surface area contributed by atoms with Crippen molar-refractivity contribution in [3.8, 4) is 0 Å². The van der Waals surface area contributed by atoms with Crippen molar-refractivity contribution in [2.24, 2.45) is 0 Å². The van der Waals surface area contributed by atoms with E-state index < -0.39 is 59.9 Å². The third kappa shape index (κ3) is 27.3. The third-order valence-corrected chi connectivity index (χ3v) is 10.9. The van der Waals surface area contributed by atoms with E-state index in [0.717, 1.165) is 44.9 Å². The van der Waals surface area contributed by atoms with E-state index >= 15 is 0 Å². The van der Waals surface area contributed by atoms with Crippen molar-refractivity contribution < 1.29 is 51.8 Å². The van der Waals surface area contributed by atoms with Crippen LogP contribution in [0.15, 0.2) is 24.3 Å². The fourth-order valence-corrected chi connectivity index (χ4v) is 7.49. The molecule has 1 amide bonds. The Kier molecular flexibility index (Phi) is 32.4. The van der Waals surface area contributed by atoms with Gasteiger partial charge in [-0.25, -0.2) is 4.18 Å². The van der Waals surface area contributed by atoms with Crippen LogP contribution in [-0.2, 0) is 28.9 Å². The molecule has 0 radical (unpaired) electrons. The van der Waals surface area contributed by atoms with Gasteiger partial charge < -0.3 is 35.2 Å². The molecule has 1 saturated heterocycles. The lowest BCUT2D eigenvalue weighted by molar-refractivity contribution is -0.298. The topological polar surface area (TPSA) is 192 Å². The first-order chi connectivity index (χ1) is 27.0. The Morgan fingerprint density at radius 3 is 1.61 bits per heavy atom. The molecule has 330 valence electrons. The normalized spacial score (nSPS) is 21.6. The number of aliphatic hydroxyl groups is 4. The Hall–Kier alpha value is -1.42. The Morgan fingerprint density at radius 2 is 1.14 bits per heavy atom. The quantitative estimate of drug-likeness (QED) is 0.0201. The molecule has 13 heteroatoms. The molecule has 7 atom stereocenters. The molecular formula is C43H81NO11S. The molecule has 56 heavy (non-hydrogen) atoms. The maximum Gasteiger partial charge on any atom is 0.397 e. The fourth-order valence-electron chi connectivity index (χ4n) is 6.98. The van der Waals surface area contributed by atoms with Crippen LogP contribution in [0, 0.1) is 0 Å². The van der Waals surface area contributed by atoms with Crippen LogP contribution in [-0.4, -0.2) is 95.4 Å². The van der Waals surface area contributed by atoms with E-state index in [4.69, 9.17) is 14.0 Å². The fraction of sp³-hybridized carbons (Fsp3) is 0.884. The molecule has 0 aromatic rings. The van der Waals surface area contributed by atoms with E-state index in [1.165, 1.54) is 116 Å². The summed E-state index contributed by atoms with van der Waals surface area (Å²) in [5, 5.41) is 44.6. The Morgan fingerprint density at radius 1 is 0.696 bits per heavy atom. The number of carbonyl (C=O) groups excluding carboxylic acids is 1. The van der Waals surface area contributed by atoms with Crippen LogP contribution in [0.3, 0.4) is 0 Å². The number of allylic oxidation sites excluding steroid dienone is 3. The van der Waals surface area contributed by atoms with E-state index in [1.54, 1.807) is 6.08 Å². The lowest BCUT2D eigenvalue weighted by Gasteiger charge is -2.41. The minimum Gasteiger partial charge on any atom is -0.394 e. The molecule has 1 rings (SSSR count). The predicted octanol–water partition coefficient (Wildman–Crippen LogP) is 8.16. The second kappa shape index (κ2) is 34.4. The van der Waals surface area contributed by atoms with E-state index in [1.807, 2.05) is 6.08 Å². The van der Waals surface area contributed by atoms with Gasteiger partial charge in [0.1, 0.15) is 24.4 Å². The van der Waals surface area contributed by atoms with Crippen LogP contribution in [0.25, 0.3) is 0 Å². The molecular weight excluding hydrogens is 739 g/mol. The number of ether oxygens (including phenoxy) is 2. The first kappa shape index (κ1) is 52.6. The summed E-state index contributed by atoms with van der Waals surface area (Å²) in [6, 6.07) is -0.948. The molecule has 0 aromatic heterocycles. The van der Waals surface area contributed by atoms with Gasteiger partial charge in [0.05, 0.1) is 25.4 Å². The molecule has 1 aliphatic rings. The van der Waals surface area contributed by atoms with Crippen molar-refractivity contribution in [1.82, 2.24) is 5.32 Å². The molecule has 1 fully saturated rings.